The van der Waals surface area contributed by atoms with E-state index in [4.69, 9.17) is 4.74 Å². The van der Waals surface area contributed by atoms with Crippen LogP contribution in [0.4, 0.5) is 8.78 Å². The first-order valence-electron chi connectivity index (χ1n) is 13.3. The minimum absolute atomic E-state index is 0.142. The Morgan fingerprint density at radius 1 is 1.18 bits per heavy atom. The first kappa shape index (κ1) is 28.3. The number of carboxylic acids is 1. The minimum atomic E-state index is -1.12. The first-order valence-corrected chi connectivity index (χ1v) is 14.3. The van der Waals surface area contributed by atoms with Crippen LogP contribution in [0.25, 0.3) is 10.9 Å². The Morgan fingerprint density at radius 2 is 2.00 bits per heavy atom. The number of likely N-dealkylation sites (tertiary alicyclic amines) is 1. The van der Waals surface area contributed by atoms with Gasteiger partial charge in [0.25, 0.3) is 0 Å². The Bertz CT molecular complexity index is 1190. The number of hydrogen-bond acceptors (Lipinski definition) is 5. The molecule has 0 spiro atoms. The van der Waals surface area contributed by atoms with Crippen LogP contribution in [0.5, 0.6) is 5.75 Å². The predicted octanol–water partition coefficient (Wildman–Crippen LogP) is 7.16. The van der Waals surface area contributed by atoms with Crippen molar-refractivity contribution in [1.82, 2.24) is 9.88 Å². The van der Waals surface area contributed by atoms with Gasteiger partial charge in [-0.25, -0.2) is 8.78 Å². The number of piperidine rings is 1. The Kier molecular flexibility index (Phi) is 10.4. The number of aliphatic carboxylic acids is 1. The molecule has 0 amide bonds. The molecule has 3 atom stereocenters. The molecule has 0 bridgehead atoms. The number of rotatable bonds is 13. The summed E-state index contributed by atoms with van der Waals surface area (Å²) in [5, 5.41) is 10.1. The Balaban J connectivity index is 1.31. The largest absolute Gasteiger partial charge is 0.497 e. The number of halogens is 2. The lowest BCUT2D eigenvalue weighted by Gasteiger charge is -2.39. The fourth-order valence-corrected chi connectivity index (χ4v) is 6.28. The summed E-state index contributed by atoms with van der Waals surface area (Å²) in [6.07, 6.45) is 4.38. The van der Waals surface area contributed by atoms with Gasteiger partial charge < -0.3 is 14.7 Å². The third kappa shape index (κ3) is 7.90. The van der Waals surface area contributed by atoms with E-state index in [1.54, 1.807) is 43.3 Å². The van der Waals surface area contributed by atoms with Gasteiger partial charge in [-0.05, 0) is 117 Å². The summed E-state index contributed by atoms with van der Waals surface area (Å²) < 4.78 is 34.0. The van der Waals surface area contributed by atoms with E-state index in [0.717, 1.165) is 60.4 Å². The molecule has 204 valence electrons. The van der Waals surface area contributed by atoms with Gasteiger partial charge in [0.2, 0.25) is 0 Å². The van der Waals surface area contributed by atoms with Gasteiger partial charge in [-0.2, -0.15) is 0 Å². The zero-order valence-corrected chi connectivity index (χ0v) is 22.6. The maximum Gasteiger partial charge on any atom is 0.303 e. The topological polar surface area (TPSA) is 62.7 Å². The third-order valence-electron chi connectivity index (χ3n) is 7.52. The van der Waals surface area contributed by atoms with Crippen molar-refractivity contribution in [3.63, 3.8) is 0 Å². The average molecular weight is 543 g/mol. The van der Waals surface area contributed by atoms with Crippen molar-refractivity contribution in [3.05, 3.63) is 66.1 Å². The molecule has 1 aliphatic heterocycles. The third-order valence-corrected chi connectivity index (χ3v) is 8.61. The monoisotopic (exact) mass is 542 g/mol. The molecule has 1 N–H and O–H groups in total. The smallest absolute Gasteiger partial charge is 0.303 e. The molecule has 5 nitrogen and oxygen atoms in total. The van der Waals surface area contributed by atoms with Crippen LogP contribution < -0.4 is 4.74 Å². The molecule has 4 rings (SSSR count). The molecule has 38 heavy (non-hydrogen) atoms. The standard InChI is InChI=1S/C30H36F2N2O3S/c1-37-24-7-11-29-27(19-24)26(13-15-33-29)28(32)10-3-21-14-17-34(20-22(21)4-12-30(35)36)16-2-18-38-25-8-5-23(31)6-9-25/h5-9,11,13,15,19,21-22,28H,2-4,10,12,14,16-18,20H2,1H3,(H,35,36)/t21?,22?,28-/m0/s1. The Labute approximate surface area is 227 Å². The van der Waals surface area contributed by atoms with Crippen molar-refractivity contribution >= 4 is 28.6 Å². The summed E-state index contributed by atoms with van der Waals surface area (Å²) in [7, 11) is 1.60. The van der Waals surface area contributed by atoms with Crippen LogP contribution in [-0.2, 0) is 4.79 Å². The van der Waals surface area contributed by atoms with Crippen LogP contribution >= 0.6 is 11.8 Å². The van der Waals surface area contributed by atoms with Crippen LogP contribution in [0, 0.1) is 17.7 Å². The van der Waals surface area contributed by atoms with Gasteiger partial charge in [-0.3, -0.25) is 9.78 Å². The predicted molar refractivity (Wildman–Crippen MR) is 148 cm³/mol. The molecule has 1 aliphatic rings. The molecular weight excluding hydrogens is 506 g/mol. The maximum atomic E-state index is 15.5. The van der Waals surface area contributed by atoms with Crippen LogP contribution in [0.1, 0.15) is 50.3 Å². The highest BCUT2D eigenvalue weighted by atomic mass is 32.2. The summed E-state index contributed by atoms with van der Waals surface area (Å²) in [5.41, 5.74) is 1.38. The van der Waals surface area contributed by atoms with E-state index in [1.807, 2.05) is 18.2 Å². The highest BCUT2D eigenvalue weighted by molar-refractivity contribution is 7.99. The van der Waals surface area contributed by atoms with E-state index >= 15 is 4.39 Å². The van der Waals surface area contributed by atoms with Crippen LogP contribution in [0.2, 0.25) is 0 Å². The number of pyridine rings is 1. The van der Waals surface area contributed by atoms with Crippen LogP contribution in [0.15, 0.2) is 59.6 Å². The van der Waals surface area contributed by atoms with Crippen molar-refractivity contribution in [2.24, 2.45) is 11.8 Å². The number of alkyl halides is 1. The first-order chi connectivity index (χ1) is 18.4. The van der Waals surface area contributed by atoms with Crippen LogP contribution in [-0.4, -0.2) is 53.5 Å². The molecule has 0 aliphatic carbocycles. The van der Waals surface area contributed by atoms with Gasteiger partial charge in [-0.15, -0.1) is 11.8 Å². The fraction of sp³-hybridized carbons (Fsp3) is 0.467. The number of carbonyl (C=O) groups is 1. The van der Waals surface area contributed by atoms with Gasteiger partial charge in [0.15, 0.2) is 0 Å². The second-order valence-corrected chi connectivity index (χ2v) is 11.2. The van der Waals surface area contributed by atoms with Crippen molar-refractivity contribution < 1.29 is 23.4 Å². The summed E-state index contributed by atoms with van der Waals surface area (Å²) in [6, 6.07) is 13.8. The van der Waals surface area contributed by atoms with E-state index in [2.05, 4.69) is 9.88 Å². The van der Waals surface area contributed by atoms with Gasteiger partial charge >= 0.3 is 5.97 Å². The lowest BCUT2D eigenvalue weighted by molar-refractivity contribution is -0.137. The number of ether oxygens (including phenoxy) is 1. The molecule has 2 unspecified atom stereocenters. The van der Waals surface area contributed by atoms with E-state index in [1.165, 1.54) is 12.1 Å². The molecule has 0 saturated carbocycles. The zero-order chi connectivity index (χ0) is 26.9. The molecule has 2 aromatic carbocycles. The summed E-state index contributed by atoms with van der Waals surface area (Å²) in [5.74, 6) is 1.16. The zero-order valence-electron chi connectivity index (χ0n) is 21.8. The number of methoxy groups -OCH3 is 1. The number of benzene rings is 2. The molecular formula is C30H36F2N2O3S. The number of nitrogens with zero attached hydrogens (tertiary/aromatic N) is 2. The number of thioether (sulfide) groups is 1. The summed E-state index contributed by atoms with van der Waals surface area (Å²) in [4.78, 5) is 19.2. The molecule has 3 aromatic rings. The highest BCUT2D eigenvalue weighted by Crippen LogP contribution is 2.36. The van der Waals surface area contributed by atoms with E-state index in [-0.39, 0.29) is 18.2 Å². The van der Waals surface area contributed by atoms with Crippen molar-refractivity contribution in [1.29, 1.82) is 0 Å². The molecule has 0 radical (unpaired) electrons. The van der Waals surface area contributed by atoms with E-state index < -0.39 is 12.1 Å². The Morgan fingerprint density at radius 3 is 2.76 bits per heavy atom. The van der Waals surface area contributed by atoms with Gasteiger partial charge in [0.1, 0.15) is 17.7 Å². The lowest BCUT2D eigenvalue weighted by atomic mass is 9.79. The lowest BCUT2D eigenvalue weighted by Crippen LogP contribution is -2.41. The summed E-state index contributed by atoms with van der Waals surface area (Å²) in [6.45, 7) is 2.74. The van der Waals surface area contributed by atoms with Crippen molar-refractivity contribution in [2.45, 2.75) is 49.6 Å². The quantitative estimate of drug-likeness (QED) is 0.183. The normalized spacial score (nSPS) is 18.9. The molecule has 1 fully saturated rings. The second kappa shape index (κ2) is 13.9. The summed E-state index contributed by atoms with van der Waals surface area (Å²) >= 11 is 1.72. The molecule has 8 heteroatoms. The van der Waals surface area contributed by atoms with Crippen LogP contribution in [0.3, 0.4) is 0 Å². The van der Waals surface area contributed by atoms with E-state index in [9.17, 15) is 14.3 Å². The highest BCUT2D eigenvalue weighted by Gasteiger charge is 2.30. The molecule has 1 aromatic heterocycles. The number of aromatic nitrogens is 1. The van der Waals surface area contributed by atoms with Gasteiger partial charge in [-0.1, -0.05) is 0 Å². The second-order valence-electron chi connectivity index (χ2n) is 10.0. The van der Waals surface area contributed by atoms with E-state index in [0.29, 0.717) is 30.1 Å². The van der Waals surface area contributed by atoms with Crippen molar-refractivity contribution in [3.8, 4) is 5.75 Å². The maximum absolute atomic E-state index is 15.5. The molecule has 2 heterocycles. The SMILES string of the molecule is COc1ccc2nccc([C@@H](F)CCC3CCN(CCCSc4ccc(F)cc4)CC3CCC(=O)O)c2c1. The Hall–Kier alpha value is -2.71. The fourth-order valence-electron chi connectivity index (χ4n) is 5.45. The van der Waals surface area contributed by atoms with Crippen molar-refractivity contribution in [2.75, 3.05) is 32.5 Å². The number of fused-ring (bicyclic) bond motifs is 1. The van der Waals surface area contributed by atoms with Gasteiger partial charge in [0.05, 0.1) is 12.6 Å². The molecule has 1 saturated heterocycles. The average Bonchev–Trinajstić information content (AvgIpc) is 2.93. The number of carboxylic acid groups (broad SMARTS) is 1. The minimum Gasteiger partial charge on any atom is -0.497 e. The van der Waals surface area contributed by atoms with Gasteiger partial charge in [0, 0.05) is 29.4 Å². The number of hydrogen-bond donors (Lipinski definition) is 1.